The van der Waals surface area contributed by atoms with E-state index in [1.807, 2.05) is 61.5 Å². The van der Waals surface area contributed by atoms with Gasteiger partial charge in [0.1, 0.15) is 0 Å². The summed E-state index contributed by atoms with van der Waals surface area (Å²) in [5.41, 5.74) is 2.83. The number of morpholine rings is 1. The number of rotatable bonds is 4. The second-order valence-electron chi connectivity index (χ2n) is 6.04. The molecule has 2 aromatic rings. The average molecular weight is 369 g/mol. The van der Waals surface area contributed by atoms with Gasteiger partial charge in [-0.3, -0.25) is 4.79 Å². The lowest BCUT2D eigenvalue weighted by atomic mass is 10.2. The molecule has 0 atom stereocenters. The maximum atomic E-state index is 12.3. The maximum Gasteiger partial charge on any atom is 0.234 e. The molecule has 5 nitrogen and oxygen atoms in total. The molecule has 3 rings (SSSR count). The highest BCUT2D eigenvalue weighted by atomic mass is 32.2. The molecule has 0 aromatic heterocycles. The molecule has 0 unspecified atom stereocenters. The summed E-state index contributed by atoms with van der Waals surface area (Å²) in [6.45, 7) is 4.96. The number of thioether (sulfide) groups is 1. The minimum atomic E-state index is -0.0328. The van der Waals surface area contributed by atoms with Crippen LogP contribution in [0.25, 0.3) is 0 Å². The van der Waals surface area contributed by atoms with Gasteiger partial charge in [-0.15, -0.1) is 0 Å². The summed E-state index contributed by atoms with van der Waals surface area (Å²) in [6, 6.07) is 17.6. The van der Waals surface area contributed by atoms with Crippen molar-refractivity contribution < 1.29 is 9.53 Å². The Morgan fingerprint density at radius 3 is 2.65 bits per heavy atom. The highest BCUT2D eigenvalue weighted by Gasteiger charge is 2.17. The number of anilines is 1. The first kappa shape index (κ1) is 18.5. The van der Waals surface area contributed by atoms with Crippen molar-refractivity contribution in [1.82, 2.24) is 4.90 Å². The molecule has 1 N–H and O–H groups in total. The molecule has 1 aliphatic rings. The molecule has 1 saturated heterocycles. The summed E-state index contributed by atoms with van der Waals surface area (Å²) >= 11 is 1.46. The van der Waals surface area contributed by atoms with Crippen LogP contribution in [0.15, 0.2) is 59.6 Å². The van der Waals surface area contributed by atoms with Crippen molar-refractivity contribution in [1.29, 1.82) is 0 Å². The van der Waals surface area contributed by atoms with Crippen LogP contribution >= 0.6 is 11.8 Å². The Kier molecular flexibility index (Phi) is 6.68. The molecular formula is C20H23N3O2S. The molecule has 1 heterocycles. The first-order valence-corrected chi connectivity index (χ1v) is 9.65. The van der Waals surface area contributed by atoms with E-state index in [1.165, 1.54) is 11.8 Å². The Morgan fingerprint density at radius 2 is 1.92 bits per heavy atom. The Balaban J connectivity index is 1.65. The standard InChI is InChI=1S/C20H23N3O2S/c1-16-6-5-9-18(14-16)21-19(24)15-26-20(23-10-12-25-13-11-23)22-17-7-3-2-4-8-17/h2-9,14H,10-13,15H2,1H3,(H,21,24). The minimum absolute atomic E-state index is 0.0328. The molecule has 1 aliphatic heterocycles. The zero-order chi connectivity index (χ0) is 18.2. The van der Waals surface area contributed by atoms with E-state index >= 15 is 0 Å². The van der Waals surface area contributed by atoms with Crippen LogP contribution in [0.3, 0.4) is 0 Å². The third-order valence-electron chi connectivity index (χ3n) is 3.90. The van der Waals surface area contributed by atoms with Gasteiger partial charge in [0.05, 0.1) is 24.7 Å². The maximum absolute atomic E-state index is 12.3. The number of benzene rings is 2. The average Bonchev–Trinajstić information content (AvgIpc) is 2.66. The van der Waals surface area contributed by atoms with Gasteiger partial charge in [0, 0.05) is 18.8 Å². The van der Waals surface area contributed by atoms with Gasteiger partial charge >= 0.3 is 0 Å². The SMILES string of the molecule is Cc1cccc(NC(=O)CSC(=Nc2ccccc2)N2CCOCC2)c1. The number of hydrogen-bond acceptors (Lipinski definition) is 4. The Morgan fingerprint density at radius 1 is 1.15 bits per heavy atom. The fourth-order valence-electron chi connectivity index (χ4n) is 2.61. The minimum Gasteiger partial charge on any atom is -0.378 e. The second kappa shape index (κ2) is 9.40. The van der Waals surface area contributed by atoms with Crippen molar-refractivity contribution in [3.63, 3.8) is 0 Å². The van der Waals surface area contributed by atoms with Crippen LogP contribution in [0.4, 0.5) is 11.4 Å². The van der Waals surface area contributed by atoms with Gasteiger partial charge in [-0.05, 0) is 36.8 Å². The normalized spacial score (nSPS) is 15.0. The topological polar surface area (TPSA) is 53.9 Å². The number of para-hydroxylation sites is 1. The van der Waals surface area contributed by atoms with Crippen LogP contribution < -0.4 is 5.32 Å². The Labute approximate surface area is 158 Å². The van der Waals surface area contributed by atoms with Gasteiger partial charge < -0.3 is 15.0 Å². The summed E-state index contributed by atoms with van der Waals surface area (Å²) in [4.78, 5) is 19.3. The number of aliphatic imine (C=N–C) groups is 1. The van der Waals surface area contributed by atoms with Crippen LogP contribution in [-0.4, -0.2) is 48.0 Å². The summed E-state index contributed by atoms with van der Waals surface area (Å²) < 4.78 is 5.43. The predicted molar refractivity (Wildman–Crippen MR) is 108 cm³/mol. The molecule has 0 spiro atoms. The molecule has 0 aliphatic carbocycles. The molecule has 0 bridgehead atoms. The second-order valence-corrected chi connectivity index (χ2v) is 6.98. The highest BCUT2D eigenvalue weighted by molar-refractivity contribution is 8.14. The van der Waals surface area contributed by atoms with E-state index in [1.54, 1.807) is 0 Å². The predicted octanol–water partition coefficient (Wildman–Crippen LogP) is 3.69. The molecule has 136 valence electrons. The number of nitrogens with one attached hydrogen (secondary N) is 1. The monoisotopic (exact) mass is 369 g/mol. The van der Waals surface area contributed by atoms with E-state index in [2.05, 4.69) is 10.2 Å². The molecule has 1 amide bonds. The first-order valence-electron chi connectivity index (χ1n) is 8.66. The number of carbonyl (C=O) groups excluding carboxylic acids is 1. The van der Waals surface area contributed by atoms with E-state index in [0.717, 1.165) is 35.2 Å². The Bertz CT molecular complexity index is 759. The third kappa shape index (κ3) is 5.61. The van der Waals surface area contributed by atoms with Crippen molar-refractivity contribution in [2.75, 3.05) is 37.4 Å². The van der Waals surface area contributed by atoms with Gasteiger partial charge in [-0.25, -0.2) is 4.99 Å². The number of nitrogens with zero attached hydrogens (tertiary/aromatic N) is 2. The quantitative estimate of drug-likeness (QED) is 0.660. The van der Waals surface area contributed by atoms with Crippen molar-refractivity contribution in [3.05, 3.63) is 60.2 Å². The van der Waals surface area contributed by atoms with Crippen LogP contribution in [0.5, 0.6) is 0 Å². The van der Waals surface area contributed by atoms with Crippen LogP contribution in [-0.2, 0) is 9.53 Å². The van der Waals surface area contributed by atoms with Crippen molar-refractivity contribution in [2.24, 2.45) is 4.99 Å². The summed E-state index contributed by atoms with van der Waals surface area (Å²) in [7, 11) is 0. The lowest BCUT2D eigenvalue weighted by Gasteiger charge is -2.29. The molecule has 26 heavy (non-hydrogen) atoms. The Hall–Kier alpha value is -2.31. The zero-order valence-electron chi connectivity index (χ0n) is 14.9. The summed E-state index contributed by atoms with van der Waals surface area (Å²) in [5, 5.41) is 3.81. The fourth-order valence-corrected chi connectivity index (χ4v) is 3.48. The van der Waals surface area contributed by atoms with Crippen molar-refractivity contribution in [2.45, 2.75) is 6.92 Å². The van der Waals surface area contributed by atoms with E-state index < -0.39 is 0 Å². The summed E-state index contributed by atoms with van der Waals surface area (Å²) in [6.07, 6.45) is 0. The van der Waals surface area contributed by atoms with E-state index in [4.69, 9.17) is 9.73 Å². The van der Waals surface area contributed by atoms with E-state index in [-0.39, 0.29) is 5.91 Å². The van der Waals surface area contributed by atoms with Gasteiger partial charge in [0.2, 0.25) is 5.91 Å². The van der Waals surface area contributed by atoms with Crippen LogP contribution in [0, 0.1) is 6.92 Å². The fraction of sp³-hybridized carbons (Fsp3) is 0.300. The van der Waals surface area contributed by atoms with Gasteiger partial charge in [-0.1, -0.05) is 42.1 Å². The van der Waals surface area contributed by atoms with Gasteiger partial charge in [-0.2, -0.15) is 0 Å². The summed E-state index contributed by atoms with van der Waals surface area (Å²) in [5.74, 6) is 0.284. The lowest BCUT2D eigenvalue weighted by molar-refractivity contribution is -0.113. The molecule has 0 saturated carbocycles. The van der Waals surface area contributed by atoms with E-state index in [0.29, 0.717) is 19.0 Å². The molecule has 2 aromatic carbocycles. The van der Waals surface area contributed by atoms with Gasteiger partial charge in [0.25, 0.3) is 0 Å². The number of amidine groups is 1. The van der Waals surface area contributed by atoms with Crippen LogP contribution in [0.2, 0.25) is 0 Å². The number of ether oxygens (including phenoxy) is 1. The smallest absolute Gasteiger partial charge is 0.234 e. The highest BCUT2D eigenvalue weighted by Crippen LogP contribution is 2.19. The molecule has 6 heteroatoms. The van der Waals surface area contributed by atoms with Crippen molar-refractivity contribution >= 4 is 34.2 Å². The largest absolute Gasteiger partial charge is 0.378 e. The number of carbonyl (C=O) groups is 1. The van der Waals surface area contributed by atoms with Gasteiger partial charge in [0.15, 0.2) is 5.17 Å². The third-order valence-corrected chi connectivity index (χ3v) is 4.91. The van der Waals surface area contributed by atoms with Crippen molar-refractivity contribution in [3.8, 4) is 0 Å². The van der Waals surface area contributed by atoms with E-state index in [9.17, 15) is 4.79 Å². The molecular weight excluding hydrogens is 346 g/mol. The number of hydrogen-bond donors (Lipinski definition) is 1. The molecule has 1 fully saturated rings. The zero-order valence-corrected chi connectivity index (χ0v) is 15.7. The molecule has 0 radical (unpaired) electrons. The number of amides is 1. The number of aryl methyl sites for hydroxylation is 1. The first-order chi connectivity index (χ1) is 12.7. The van der Waals surface area contributed by atoms with Crippen LogP contribution in [0.1, 0.15) is 5.56 Å². The lowest BCUT2D eigenvalue weighted by Crippen LogP contribution is -2.39.